The lowest BCUT2D eigenvalue weighted by molar-refractivity contribution is 0.0524. The summed E-state index contributed by atoms with van der Waals surface area (Å²) in [5, 5.41) is 4.56. The lowest BCUT2D eigenvalue weighted by Gasteiger charge is -2.01. The number of carbonyl (C=O) groups excluding carboxylic acids is 1. The topological polar surface area (TPSA) is 77.0 Å². The number of carbonyl (C=O) groups is 1. The number of pyridine rings is 1. The maximum Gasteiger partial charge on any atom is 0.343 e. The maximum atomic E-state index is 12.1. The Kier molecular flexibility index (Phi) is 2.71. The van der Waals surface area contributed by atoms with Crippen LogP contribution in [-0.2, 0) is 11.8 Å². The highest BCUT2D eigenvalue weighted by molar-refractivity contribution is 5.93. The second-order valence-corrected chi connectivity index (χ2v) is 3.68. The molecule has 2 aromatic rings. The molecule has 0 bridgehead atoms. The first-order valence-corrected chi connectivity index (χ1v) is 5.28. The first-order chi connectivity index (χ1) is 8.06. The van der Waals surface area contributed by atoms with Crippen molar-refractivity contribution in [2.45, 2.75) is 13.8 Å². The highest BCUT2D eigenvalue weighted by Crippen LogP contribution is 2.11. The third-order valence-corrected chi connectivity index (χ3v) is 2.54. The van der Waals surface area contributed by atoms with Crippen LogP contribution < -0.4 is 5.43 Å². The van der Waals surface area contributed by atoms with Gasteiger partial charge in [0.25, 0.3) is 0 Å². The van der Waals surface area contributed by atoms with Crippen LogP contribution in [0.3, 0.4) is 0 Å². The van der Waals surface area contributed by atoms with Crippen LogP contribution in [0.4, 0.5) is 0 Å². The van der Waals surface area contributed by atoms with Crippen LogP contribution in [0, 0.1) is 6.92 Å². The van der Waals surface area contributed by atoms with Crippen LogP contribution in [-0.4, -0.2) is 27.3 Å². The number of nitrogens with zero attached hydrogens (tertiary/aromatic N) is 2. The molecule has 0 unspecified atom stereocenters. The van der Waals surface area contributed by atoms with Crippen molar-refractivity contribution in [2.75, 3.05) is 6.61 Å². The van der Waals surface area contributed by atoms with Gasteiger partial charge in [0, 0.05) is 13.2 Å². The van der Waals surface area contributed by atoms with Gasteiger partial charge >= 0.3 is 5.97 Å². The van der Waals surface area contributed by atoms with Gasteiger partial charge in [-0.15, -0.1) is 0 Å². The number of aryl methyl sites for hydroxylation is 2. The standard InChI is InChI=1S/C11H13N3O3/c1-4-17-11(16)7-5-12-10-8(9(7)15)6(2)13-14(10)3/h5H,4H2,1-3H3,(H,12,15). The van der Waals surface area contributed by atoms with Gasteiger partial charge in [-0.2, -0.15) is 5.10 Å². The molecule has 2 heterocycles. The molecule has 0 aliphatic heterocycles. The van der Waals surface area contributed by atoms with Gasteiger partial charge in [0.2, 0.25) is 5.43 Å². The number of aromatic amines is 1. The third-order valence-electron chi connectivity index (χ3n) is 2.54. The highest BCUT2D eigenvalue weighted by Gasteiger charge is 2.17. The van der Waals surface area contributed by atoms with E-state index in [0.717, 1.165) is 0 Å². The number of hydrogen-bond donors (Lipinski definition) is 1. The van der Waals surface area contributed by atoms with Crippen molar-refractivity contribution in [2.24, 2.45) is 7.05 Å². The normalized spacial score (nSPS) is 10.8. The summed E-state index contributed by atoms with van der Waals surface area (Å²) in [6.07, 6.45) is 1.36. The van der Waals surface area contributed by atoms with Gasteiger partial charge in [-0.05, 0) is 13.8 Å². The number of aromatic nitrogens is 3. The summed E-state index contributed by atoms with van der Waals surface area (Å²) < 4.78 is 6.39. The van der Waals surface area contributed by atoms with Crippen LogP contribution in [0.1, 0.15) is 23.0 Å². The molecule has 0 aromatic carbocycles. The molecule has 6 nitrogen and oxygen atoms in total. The second kappa shape index (κ2) is 4.04. The van der Waals surface area contributed by atoms with E-state index in [1.807, 2.05) is 0 Å². The van der Waals surface area contributed by atoms with E-state index >= 15 is 0 Å². The number of nitrogens with one attached hydrogen (secondary N) is 1. The number of rotatable bonds is 2. The van der Waals surface area contributed by atoms with Gasteiger partial charge in [0.1, 0.15) is 11.2 Å². The number of esters is 1. The Morgan fingerprint density at radius 1 is 1.59 bits per heavy atom. The molecule has 0 aliphatic rings. The fraction of sp³-hybridized carbons (Fsp3) is 0.364. The molecule has 90 valence electrons. The maximum absolute atomic E-state index is 12.1. The van der Waals surface area contributed by atoms with Crippen molar-refractivity contribution in [1.29, 1.82) is 0 Å². The molecule has 0 saturated carbocycles. The molecule has 1 N–H and O–H groups in total. The first kappa shape index (κ1) is 11.4. The number of hydrogen-bond acceptors (Lipinski definition) is 4. The second-order valence-electron chi connectivity index (χ2n) is 3.68. The minimum Gasteiger partial charge on any atom is -0.462 e. The van der Waals surface area contributed by atoms with Crippen molar-refractivity contribution in [3.05, 3.63) is 27.7 Å². The van der Waals surface area contributed by atoms with Crippen LogP contribution in [0.2, 0.25) is 0 Å². The average molecular weight is 235 g/mol. The van der Waals surface area contributed by atoms with Crippen molar-refractivity contribution in [1.82, 2.24) is 14.8 Å². The molecule has 0 atom stereocenters. The molecule has 0 radical (unpaired) electrons. The quantitative estimate of drug-likeness (QED) is 0.779. The smallest absolute Gasteiger partial charge is 0.343 e. The molecule has 0 amide bonds. The molecule has 2 aromatic heterocycles. The SMILES string of the molecule is CCOC(=O)c1c[nH]c2c(c(C)nn2C)c1=O. The molecular formula is C11H13N3O3. The molecule has 0 aliphatic carbocycles. The molecular weight excluding hydrogens is 222 g/mol. The molecule has 17 heavy (non-hydrogen) atoms. The fourth-order valence-corrected chi connectivity index (χ4v) is 1.80. The van der Waals surface area contributed by atoms with Gasteiger partial charge in [-0.25, -0.2) is 4.79 Å². The van der Waals surface area contributed by atoms with Crippen LogP contribution in [0.25, 0.3) is 11.0 Å². The zero-order chi connectivity index (χ0) is 12.6. The number of ether oxygens (including phenoxy) is 1. The Morgan fingerprint density at radius 3 is 2.94 bits per heavy atom. The highest BCUT2D eigenvalue weighted by atomic mass is 16.5. The zero-order valence-electron chi connectivity index (χ0n) is 9.90. The van der Waals surface area contributed by atoms with E-state index in [1.54, 1.807) is 25.6 Å². The average Bonchev–Trinajstić information content (AvgIpc) is 2.56. The van der Waals surface area contributed by atoms with Crippen molar-refractivity contribution in [3.8, 4) is 0 Å². The van der Waals surface area contributed by atoms with Gasteiger partial charge in [-0.1, -0.05) is 0 Å². The van der Waals surface area contributed by atoms with E-state index in [9.17, 15) is 9.59 Å². The summed E-state index contributed by atoms with van der Waals surface area (Å²) in [6, 6.07) is 0. The van der Waals surface area contributed by atoms with E-state index in [-0.39, 0.29) is 17.6 Å². The van der Waals surface area contributed by atoms with E-state index in [1.165, 1.54) is 6.20 Å². The first-order valence-electron chi connectivity index (χ1n) is 5.28. The predicted molar refractivity (Wildman–Crippen MR) is 62.0 cm³/mol. The van der Waals surface area contributed by atoms with Gasteiger partial charge in [-0.3, -0.25) is 9.48 Å². The number of H-pyrrole nitrogens is 1. The third kappa shape index (κ3) is 1.71. The summed E-state index contributed by atoms with van der Waals surface area (Å²) in [4.78, 5) is 26.6. The summed E-state index contributed by atoms with van der Waals surface area (Å²) in [5.41, 5.74) is 0.855. The van der Waals surface area contributed by atoms with Gasteiger partial charge < -0.3 is 9.72 Å². The Labute approximate surface area is 97.2 Å². The Bertz CT molecular complexity index is 639. The summed E-state index contributed by atoms with van der Waals surface area (Å²) in [5.74, 6) is -0.612. The Balaban J connectivity index is 2.70. The monoisotopic (exact) mass is 235 g/mol. The van der Waals surface area contributed by atoms with Gasteiger partial charge in [0.15, 0.2) is 0 Å². The minimum atomic E-state index is -0.612. The molecule has 2 rings (SSSR count). The molecule has 6 heteroatoms. The lowest BCUT2D eigenvalue weighted by Crippen LogP contribution is -2.18. The fourth-order valence-electron chi connectivity index (χ4n) is 1.80. The van der Waals surface area contributed by atoms with Gasteiger partial charge in [0.05, 0.1) is 17.7 Å². The van der Waals surface area contributed by atoms with Crippen LogP contribution >= 0.6 is 0 Å². The van der Waals surface area contributed by atoms with Crippen molar-refractivity contribution in [3.63, 3.8) is 0 Å². The predicted octanol–water partition coefficient (Wildman–Crippen LogP) is 0.747. The Hall–Kier alpha value is -2.11. The summed E-state index contributed by atoms with van der Waals surface area (Å²) in [7, 11) is 1.73. The molecule has 0 spiro atoms. The number of fused-ring (bicyclic) bond motifs is 1. The van der Waals surface area contributed by atoms with E-state index in [0.29, 0.717) is 16.7 Å². The van der Waals surface area contributed by atoms with Crippen LogP contribution in [0.15, 0.2) is 11.0 Å². The van der Waals surface area contributed by atoms with E-state index in [2.05, 4.69) is 10.1 Å². The zero-order valence-corrected chi connectivity index (χ0v) is 9.90. The largest absolute Gasteiger partial charge is 0.462 e. The van der Waals surface area contributed by atoms with Crippen LogP contribution in [0.5, 0.6) is 0 Å². The van der Waals surface area contributed by atoms with Crippen molar-refractivity contribution < 1.29 is 9.53 Å². The summed E-state index contributed by atoms with van der Waals surface area (Å²) in [6.45, 7) is 3.66. The summed E-state index contributed by atoms with van der Waals surface area (Å²) >= 11 is 0. The minimum absolute atomic E-state index is 0.00968. The Morgan fingerprint density at radius 2 is 2.29 bits per heavy atom. The lowest BCUT2D eigenvalue weighted by atomic mass is 10.2. The molecule has 0 fully saturated rings. The van der Waals surface area contributed by atoms with E-state index in [4.69, 9.17) is 4.74 Å². The van der Waals surface area contributed by atoms with Crippen molar-refractivity contribution >= 4 is 17.0 Å². The van der Waals surface area contributed by atoms with E-state index < -0.39 is 5.97 Å². The molecule has 0 saturated heterocycles.